The van der Waals surface area contributed by atoms with Crippen LogP contribution < -0.4 is 5.32 Å². The van der Waals surface area contributed by atoms with Gasteiger partial charge in [0.05, 0.1) is 25.9 Å². The van der Waals surface area contributed by atoms with Gasteiger partial charge in [0.25, 0.3) is 0 Å². The van der Waals surface area contributed by atoms with Crippen molar-refractivity contribution in [3.05, 3.63) is 40.4 Å². The van der Waals surface area contributed by atoms with E-state index in [1.165, 1.54) is 0 Å². The molecule has 0 aromatic heterocycles. The van der Waals surface area contributed by atoms with Gasteiger partial charge in [0, 0.05) is 17.0 Å². The van der Waals surface area contributed by atoms with E-state index in [-0.39, 0.29) is 18.8 Å². The molecule has 6 heteroatoms. The summed E-state index contributed by atoms with van der Waals surface area (Å²) in [6.07, 6.45) is 1.77. The first-order chi connectivity index (χ1) is 10.6. The van der Waals surface area contributed by atoms with E-state index in [1.54, 1.807) is 19.1 Å². The number of rotatable bonds is 6. The molecule has 1 aromatic rings. The topological polar surface area (TPSA) is 67.8 Å². The highest BCUT2D eigenvalue weighted by Gasteiger charge is 2.22. The summed E-state index contributed by atoms with van der Waals surface area (Å²) in [5.41, 5.74) is 1.29. The molecule has 120 valence electrons. The highest BCUT2D eigenvalue weighted by atomic mass is 35.5. The van der Waals surface area contributed by atoms with E-state index in [0.29, 0.717) is 30.2 Å². The minimum atomic E-state index is -0.412. The van der Waals surface area contributed by atoms with Crippen LogP contribution in [0.3, 0.4) is 0 Å². The van der Waals surface area contributed by atoms with Gasteiger partial charge in [0.1, 0.15) is 0 Å². The molecule has 1 fully saturated rings. The minimum absolute atomic E-state index is 0.172. The fourth-order valence-electron chi connectivity index (χ4n) is 2.14. The predicted octanol–water partition coefficient (Wildman–Crippen LogP) is 1.98. The van der Waals surface area contributed by atoms with Crippen molar-refractivity contribution < 1.29 is 19.4 Å². The molecule has 1 unspecified atom stereocenters. The average Bonchev–Trinajstić information content (AvgIpc) is 3.01. The molecule has 0 aliphatic carbocycles. The maximum Gasteiger partial charge on any atom is 0.247 e. The second kappa shape index (κ2) is 8.29. The van der Waals surface area contributed by atoms with E-state index in [0.717, 1.165) is 5.56 Å². The third-order valence-electron chi connectivity index (χ3n) is 3.36. The van der Waals surface area contributed by atoms with E-state index >= 15 is 0 Å². The van der Waals surface area contributed by atoms with E-state index in [4.69, 9.17) is 21.1 Å². The van der Waals surface area contributed by atoms with Crippen LogP contribution in [-0.4, -0.2) is 43.2 Å². The number of aliphatic hydroxyl groups excluding tert-OH is 1. The summed E-state index contributed by atoms with van der Waals surface area (Å²) in [7, 11) is 0. The van der Waals surface area contributed by atoms with Gasteiger partial charge in [-0.05, 0) is 24.6 Å². The first-order valence-corrected chi connectivity index (χ1v) is 7.55. The van der Waals surface area contributed by atoms with Gasteiger partial charge in [-0.25, -0.2) is 0 Å². The van der Waals surface area contributed by atoms with Crippen LogP contribution in [0.4, 0.5) is 0 Å². The Morgan fingerprint density at radius 3 is 2.77 bits per heavy atom. The van der Waals surface area contributed by atoms with Crippen LogP contribution in [0.5, 0.6) is 0 Å². The fraction of sp³-hybridized carbons (Fsp3) is 0.438. The third kappa shape index (κ3) is 4.81. The predicted molar refractivity (Wildman–Crippen MR) is 84.4 cm³/mol. The van der Waals surface area contributed by atoms with Gasteiger partial charge in [0.2, 0.25) is 5.91 Å². The zero-order chi connectivity index (χ0) is 15.9. The Balaban J connectivity index is 1.95. The number of hydrogen-bond donors (Lipinski definition) is 2. The van der Waals surface area contributed by atoms with Crippen LogP contribution in [0.15, 0.2) is 29.8 Å². The van der Waals surface area contributed by atoms with Crippen LogP contribution in [0.25, 0.3) is 6.08 Å². The number of carbonyl (C=O) groups is 1. The second-order valence-electron chi connectivity index (χ2n) is 5.11. The molecule has 1 atom stereocenters. The molecule has 0 bridgehead atoms. The van der Waals surface area contributed by atoms with E-state index in [2.05, 4.69) is 5.32 Å². The monoisotopic (exact) mass is 325 g/mol. The SMILES string of the molecule is C/C(=C\c1ccccc1Cl)C(=O)NC(CO)CC1OCCO1. The van der Waals surface area contributed by atoms with Crippen LogP contribution >= 0.6 is 11.6 Å². The van der Waals surface area contributed by atoms with Gasteiger partial charge >= 0.3 is 0 Å². The molecule has 2 N–H and O–H groups in total. The van der Waals surface area contributed by atoms with Crippen LogP contribution in [-0.2, 0) is 14.3 Å². The zero-order valence-electron chi connectivity index (χ0n) is 12.4. The van der Waals surface area contributed by atoms with Crippen LogP contribution in [0, 0.1) is 0 Å². The summed E-state index contributed by atoms with van der Waals surface area (Å²) in [4.78, 5) is 12.2. The molecule has 0 saturated carbocycles. The van der Waals surface area contributed by atoms with Gasteiger partial charge in [0.15, 0.2) is 6.29 Å². The van der Waals surface area contributed by atoms with E-state index < -0.39 is 6.04 Å². The summed E-state index contributed by atoms with van der Waals surface area (Å²) < 4.78 is 10.6. The first-order valence-electron chi connectivity index (χ1n) is 7.18. The summed E-state index contributed by atoms with van der Waals surface area (Å²) in [6.45, 7) is 2.62. The molecule has 1 saturated heterocycles. The van der Waals surface area contributed by atoms with Gasteiger partial charge in [-0.1, -0.05) is 29.8 Å². The highest BCUT2D eigenvalue weighted by molar-refractivity contribution is 6.32. The molecule has 1 aliphatic heterocycles. The van der Waals surface area contributed by atoms with Crippen LogP contribution in [0.2, 0.25) is 5.02 Å². The first kappa shape index (κ1) is 17.0. The number of aliphatic hydroxyl groups is 1. The lowest BCUT2D eigenvalue weighted by Gasteiger charge is -2.19. The molecule has 22 heavy (non-hydrogen) atoms. The molecule has 1 heterocycles. The smallest absolute Gasteiger partial charge is 0.247 e. The number of benzene rings is 1. The Morgan fingerprint density at radius 1 is 1.45 bits per heavy atom. The molecule has 5 nitrogen and oxygen atoms in total. The quantitative estimate of drug-likeness (QED) is 0.785. The summed E-state index contributed by atoms with van der Waals surface area (Å²) >= 11 is 6.07. The van der Waals surface area contributed by atoms with E-state index in [1.807, 2.05) is 18.2 Å². The second-order valence-corrected chi connectivity index (χ2v) is 5.52. The maximum absolute atomic E-state index is 12.2. The molecule has 0 radical (unpaired) electrons. The van der Waals surface area contributed by atoms with Crippen molar-refractivity contribution in [2.75, 3.05) is 19.8 Å². The largest absolute Gasteiger partial charge is 0.394 e. The van der Waals surface area contributed by atoms with Gasteiger partial charge in [-0.2, -0.15) is 0 Å². The Bertz CT molecular complexity index is 541. The Hall–Kier alpha value is -1.40. The number of ether oxygens (including phenoxy) is 2. The van der Waals surface area contributed by atoms with Gasteiger partial charge in [-0.3, -0.25) is 4.79 Å². The standard InChI is InChI=1S/C16H20ClNO4/c1-11(8-12-4-2-3-5-14(12)17)16(20)18-13(10-19)9-15-21-6-7-22-15/h2-5,8,13,15,19H,6-7,9-10H2,1H3,(H,18,20)/b11-8+. The lowest BCUT2D eigenvalue weighted by Crippen LogP contribution is -2.40. The average molecular weight is 326 g/mol. The highest BCUT2D eigenvalue weighted by Crippen LogP contribution is 2.18. The zero-order valence-corrected chi connectivity index (χ0v) is 13.2. The number of nitrogens with one attached hydrogen (secondary N) is 1. The Labute approximate surface area is 134 Å². The number of hydrogen-bond acceptors (Lipinski definition) is 4. The summed E-state index contributed by atoms with van der Waals surface area (Å²) in [5.74, 6) is -0.253. The molecule has 0 spiro atoms. The Morgan fingerprint density at radius 2 is 2.14 bits per heavy atom. The van der Waals surface area contributed by atoms with Crippen molar-refractivity contribution in [3.63, 3.8) is 0 Å². The number of amides is 1. The van der Waals surface area contributed by atoms with Crippen molar-refractivity contribution in [1.82, 2.24) is 5.32 Å². The minimum Gasteiger partial charge on any atom is -0.394 e. The van der Waals surface area contributed by atoms with Gasteiger partial charge in [-0.15, -0.1) is 0 Å². The molecule has 1 aliphatic rings. The van der Waals surface area contributed by atoms with Crippen molar-refractivity contribution in [1.29, 1.82) is 0 Å². The molecular formula is C16H20ClNO4. The summed E-state index contributed by atoms with van der Waals surface area (Å²) in [5, 5.41) is 12.7. The van der Waals surface area contributed by atoms with Crippen molar-refractivity contribution >= 4 is 23.6 Å². The van der Waals surface area contributed by atoms with E-state index in [9.17, 15) is 9.90 Å². The molecular weight excluding hydrogens is 306 g/mol. The fourth-order valence-corrected chi connectivity index (χ4v) is 2.34. The van der Waals surface area contributed by atoms with Crippen LogP contribution in [0.1, 0.15) is 18.9 Å². The van der Waals surface area contributed by atoms with Crippen molar-refractivity contribution in [3.8, 4) is 0 Å². The number of halogens is 1. The third-order valence-corrected chi connectivity index (χ3v) is 3.70. The van der Waals surface area contributed by atoms with Crippen molar-refractivity contribution in [2.24, 2.45) is 0 Å². The lowest BCUT2D eigenvalue weighted by molar-refractivity contribution is -0.119. The van der Waals surface area contributed by atoms with Gasteiger partial charge < -0.3 is 19.9 Å². The molecule has 1 aromatic carbocycles. The normalized spacial score (nSPS) is 17.5. The lowest BCUT2D eigenvalue weighted by atomic mass is 10.1. The molecule has 1 amide bonds. The summed E-state index contributed by atoms with van der Waals surface area (Å²) in [6, 6.07) is 6.88. The van der Waals surface area contributed by atoms with Crippen molar-refractivity contribution in [2.45, 2.75) is 25.7 Å². The molecule has 2 rings (SSSR count). The number of carbonyl (C=O) groups excluding carboxylic acids is 1. The Kier molecular flexibility index (Phi) is 6.39. The maximum atomic E-state index is 12.2.